The molecule has 0 atom stereocenters. The Morgan fingerprint density at radius 1 is 0.615 bits per heavy atom. The maximum atomic E-state index is 13.4. The van der Waals surface area contributed by atoms with Crippen LogP contribution in [-0.4, -0.2) is 49.2 Å². The summed E-state index contributed by atoms with van der Waals surface area (Å²) in [6.07, 6.45) is 3.73. The minimum atomic E-state index is -1.13. The Balaban J connectivity index is 0. The molecule has 6 nitrogen and oxygen atoms in total. The van der Waals surface area contributed by atoms with Crippen LogP contribution < -0.4 is 20.4 Å². The summed E-state index contributed by atoms with van der Waals surface area (Å²) in [7, 11) is 0. The second-order valence-electron chi connectivity index (χ2n) is 8.60. The van der Waals surface area contributed by atoms with E-state index in [1.54, 1.807) is 0 Å². The van der Waals surface area contributed by atoms with Crippen LogP contribution in [0.4, 0.5) is 17.6 Å². The van der Waals surface area contributed by atoms with Gasteiger partial charge in [-0.15, -0.1) is 13.2 Å². The summed E-state index contributed by atoms with van der Waals surface area (Å²) < 4.78 is 53.6. The van der Waals surface area contributed by atoms with Crippen molar-refractivity contribution in [1.82, 2.24) is 9.80 Å². The second-order valence-corrected chi connectivity index (χ2v) is 8.60. The molecular formula is C28H40F4N2O4Ti. The Morgan fingerprint density at radius 2 is 0.949 bits per heavy atom. The average molecular weight is 592 g/mol. The Labute approximate surface area is 245 Å². The summed E-state index contributed by atoms with van der Waals surface area (Å²) in [6.45, 7) is 9.96. The van der Waals surface area contributed by atoms with E-state index >= 15 is 0 Å². The molecule has 0 aliphatic heterocycles. The van der Waals surface area contributed by atoms with Crippen molar-refractivity contribution in [3.05, 3.63) is 58.7 Å². The fourth-order valence-corrected chi connectivity index (χ4v) is 3.21. The molecule has 0 unspecified atom stereocenters. The van der Waals surface area contributed by atoms with Crippen LogP contribution in [0.25, 0.3) is 0 Å². The molecule has 0 amide bonds. The van der Waals surface area contributed by atoms with Gasteiger partial charge in [0.25, 0.3) is 0 Å². The molecule has 0 aliphatic rings. The maximum Gasteiger partial charge on any atom is 4.00 e. The Morgan fingerprint density at radius 3 is 1.18 bits per heavy atom. The molecule has 0 bridgehead atoms. The molecule has 0 spiro atoms. The predicted molar refractivity (Wildman–Crippen MR) is 133 cm³/mol. The quantitative estimate of drug-likeness (QED) is 0.262. The minimum absolute atomic E-state index is 0. The number of unbranched alkanes of at least 4 members (excludes halogenated alkanes) is 2. The van der Waals surface area contributed by atoms with Crippen molar-refractivity contribution < 1.29 is 59.7 Å². The normalized spacial score (nSPS) is 10.5. The van der Waals surface area contributed by atoms with Crippen LogP contribution in [-0.2, 0) is 34.8 Å². The number of benzene rings is 2. The van der Waals surface area contributed by atoms with Crippen molar-refractivity contribution in [2.75, 3.05) is 39.4 Å². The van der Waals surface area contributed by atoms with Crippen LogP contribution in [0.5, 0.6) is 11.5 Å². The molecule has 0 radical (unpaired) electrons. The zero-order valence-electron chi connectivity index (χ0n) is 23.3. The summed E-state index contributed by atoms with van der Waals surface area (Å²) in [5, 5.41) is 42.7. The summed E-state index contributed by atoms with van der Waals surface area (Å²) in [5.41, 5.74) is 0.0490. The number of rotatable bonds is 13. The van der Waals surface area contributed by atoms with Crippen LogP contribution in [0.1, 0.15) is 64.5 Å². The van der Waals surface area contributed by atoms with E-state index < -0.39 is 34.8 Å². The van der Waals surface area contributed by atoms with Crippen LogP contribution in [0, 0.1) is 23.3 Å². The standard InChI is InChI=1S/C20H24F4N2O2.2C4H9O.Ti/c1-3-25(11-13-7-15(21)9-17(23)19(13)27)5-6-26(4-2)12-14-8-16(22)10-18(24)20(14)28;2*1-2-3-4-5;/h7-10,27-28H,3-6,11-12H2,1-2H3;2*2-4H2,1H3;/q;2*-1;+4/p-2. The second kappa shape index (κ2) is 23.1. The third kappa shape index (κ3) is 16.2. The maximum absolute atomic E-state index is 13.4. The SMILES string of the molecule is CCCC[O-].CCCC[O-].CCN(CCN(CC)Cc1cc(F)cc(F)c1[O-])Cc1cc(F)cc(F)c1[O-].[Ti+4]. The monoisotopic (exact) mass is 592 g/mol. The zero-order chi connectivity index (χ0) is 29.1. The van der Waals surface area contributed by atoms with Crippen LogP contribution in [0.2, 0.25) is 0 Å². The molecule has 11 heteroatoms. The molecule has 39 heavy (non-hydrogen) atoms. The topological polar surface area (TPSA) is 98.7 Å². The summed E-state index contributed by atoms with van der Waals surface area (Å²) in [6, 6.07) is 3.15. The molecule has 2 rings (SSSR count). The summed E-state index contributed by atoms with van der Waals surface area (Å²) in [4.78, 5) is 3.64. The smallest absolute Gasteiger partial charge is 0.870 e. The van der Waals surface area contributed by atoms with Gasteiger partial charge in [-0.2, -0.15) is 0 Å². The van der Waals surface area contributed by atoms with Gasteiger partial charge in [-0.05, 0) is 36.3 Å². The van der Waals surface area contributed by atoms with E-state index in [2.05, 4.69) is 0 Å². The molecule has 2 aromatic rings. The molecular weight excluding hydrogens is 552 g/mol. The van der Waals surface area contributed by atoms with Crippen molar-refractivity contribution in [3.8, 4) is 11.5 Å². The molecule has 218 valence electrons. The van der Waals surface area contributed by atoms with Gasteiger partial charge >= 0.3 is 21.7 Å². The van der Waals surface area contributed by atoms with E-state index in [1.807, 2.05) is 37.5 Å². The van der Waals surface area contributed by atoms with Gasteiger partial charge in [0.2, 0.25) is 0 Å². The minimum Gasteiger partial charge on any atom is -0.870 e. The molecule has 0 aliphatic carbocycles. The first-order valence-corrected chi connectivity index (χ1v) is 13.0. The van der Waals surface area contributed by atoms with E-state index in [1.165, 1.54) is 0 Å². The Bertz CT molecular complexity index is 848. The number of nitrogens with zero attached hydrogens (tertiary/aromatic N) is 2. The van der Waals surface area contributed by atoms with Gasteiger partial charge in [-0.3, -0.25) is 9.80 Å². The number of likely N-dealkylation sites (N-methyl/N-ethyl adjacent to an activating group) is 2. The Kier molecular flexibility index (Phi) is 23.3. The van der Waals surface area contributed by atoms with Gasteiger partial charge in [0.15, 0.2) is 0 Å². The van der Waals surface area contributed by atoms with Gasteiger partial charge in [0, 0.05) is 38.3 Å². The van der Waals surface area contributed by atoms with Crippen molar-refractivity contribution in [3.63, 3.8) is 0 Å². The molecule has 0 fully saturated rings. The number of hydrogen-bond acceptors (Lipinski definition) is 6. The first-order valence-electron chi connectivity index (χ1n) is 13.0. The van der Waals surface area contributed by atoms with Crippen molar-refractivity contribution >= 4 is 0 Å². The average Bonchev–Trinajstić information content (AvgIpc) is 2.88. The zero-order valence-corrected chi connectivity index (χ0v) is 24.9. The third-order valence-corrected chi connectivity index (χ3v) is 5.58. The fraction of sp³-hybridized carbons (Fsp3) is 0.571. The van der Waals surface area contributed by atoms with Crippen molar-refractivity contribution in [2.45, 2.75) is 66.5 Å². The van der Waals surface area contributed by atoms with Crippen LogP contribution in [0.15, 0.2) is 24.3 Å². The first-order chi connectivity index (χ1) is 18.1. The first kappa shape index (κ1) is 39.5. The fourth-order valence-electron chi connectivity index (χ4n) is 3.21. The van der Waals surface area contributed by atoms with E-state index in [0.29, 0.717) is 38.3 Å². The van der Waals surface area contributed by atoms with Crippen LogP contribution in [0.3, 0.4) is 0 Å². The third-order valence-electron chi connectivity index (χ3n) is 5.58. The Hall–Kier alpha value is -1.69. The van der Waals surface area contributed by atoms with Gasteiger partial charge in [0.05, 0.1) is 0 Å². The summed E-state index contributed by atoms with van der Waals surface area (Å²) >= 11 is 0. The molecule has 0 saturated heterocycles. The van der Waals surface area contributed by atoms with Gasteiger partial charge < -0.3 is 20.4 Å². The molecule has 2 aromatic carbocycles. The predicted octanol–water partition coefficient (Wildman–Crippen LogP) is 3.03. The van der Waals surface area contributed by atoms with Crippen molar-refractivity contribution in [2.24, 2.45) is 0 Å². The summed E-state index contributed by atoms with van der Waals surface area (Å²) in [5.74, 6) is -5.55. The van der Waals surface area contributed by atoms with Gasteiger partial charge in [0.1, 0.15) is 23.3 Å². The molecule has 0 N–H and O–H groups in total. The van der Waals surface area contributed by atoms with E-state index in [0.717, 1.165) is 37.8 Å². The van der Waals surface area contributed by atoms with Gasteiger partial charge in [-0.1, -0.05) is 64.9 Å². The van der Waals surface area contributed by atoms with E-state index in [9.17, 15) is 38.0 Å². The van der Waals surface area contributed by atoms with E-state index in [-0.39, 0.29) is 59.1 Å². The molecule has 0 saturated carbocycles. The largest absolute Gasteiger partial charge is 4.00 e. The van der Waals surface area contributed by atoms with E-state index in [4.69, 9.17) is 0 Å². The van der Waals surface area contributed by atoms with Crippen LogP contribution >= 0.6 is 0 Å². The van der Waals surface area contributed by atoms with Gasteiger partial charge in [-0.25, -0.2) is 17.6 Å². The number of hydrogen-bond donors (Lipinski definition) is 0. The van der Waals surface area contributed by atoms with Crippen molar-refractivity contribution in [1.29, 1.82) is 0 Å². The molecule has 0 heterocycles. The molecule has 0 aromatic heterocycles. The number of halogens is 4.